The van der Waals surface area contributed by atoms with Crippen LogP contribution in [0, 0.1) is 5.41 Å². The normalized spacial score (nSPS) is 21.3. The van der Waals surface area contributed by atoms with E-state index in [1.807, 2.05) is 0 Å². The number of aliphatic hydroxyl groups is 1. The van der Waals surface area contributed by atoms with E-state index in [-0.39, 0.29) is 44.6 Å². The fourth-order valence-corrected chi connectivity index (χ4v) is 8.16. The number of amides is 2. The maximum absolute atomic E-state index is 14.1. The third-order valence-corrected chi connectivity index (χ3v) is 11.7. The van der Waals surface area contributed by atoms with Gasteiger partial charge in [0.15, 0.2) is 5.79 Å². The highest BCUT2D eigenvalue weighted by Crippen LogP contribution is 2.43. The summed E-state index contributed by atoms with van der Waals surface area (Å²) in [4.78, 5) is 78.6. The van der Waals surface area contributed by atoms with Gasteiger partial charge in [0.2, 0.25) is 12.0 Å². The minimum absolute atomic E-state index is 0.0195. The van der Waals surface area contributed by atoms with Gasteiger partial charge in [-0.15, -0.1) is 0 Å². The van der Waals surface area contributed by atoms with Crippen LogP contribution in [0.3, 0.4) is 0 Å². The summed E-state index contributed by atoms with van der Waals surface area (Å²) in [6, 6.07) is 12.6. The molecule has 2 aromatic rings. The highest BCUT2D eigenvalue weighted by Gasteiger charge is 2.52. The maximum Gasteiger partial charge on any atom is 0.348 e. The van der Waals surface area contributed by atoms with Crippen molar-refractivity contribution >= 4 is 41.8 Å². The average molecular weight is 917 g/mol. The molecule has 2 aliphatic heterocycles. The number of nitrogens with one attached hydrogen (secondary N) is 2. The van der Waals surface area contributed by atoms with Crippen molar-refractivity contribution in [2.45, 2.75) is 167 Å². The number of aliphatic hydroxyl groups excluding tert-OH is 1. The van der Waals surface area contributed by atoms with Crippen LogP contribution in [0.15, 0.2) is 66.3 Å². The molecule has 2 fully saturated rings. The number of hydrogen-bond donors (Lipinski definition) is 3. The number of ether oxygens (including phenoxy) is 6. The SMILES string of the molecule is CCCCCC1(CCCCC)OC2C=C(C(=O)NCc3cccc(C(=O)NC(CO)CCC(=O)OC(C)(C)C)c3)CC(OC(=O)c3ccccc3C=CC(=O)OC3C(=O)OCC3(C)C)C2O1. The van der Waals surface area contributed by atoms with Crippen molar-refractivity contribution in [3.8, 4) is 0 Å². The Balaban J connectivity index is 1.31. The molecule has 0 aromatic heterocycles. The number of carbonyl (C=O) groups is 6. The van der Waals surface area contributed by atoms with Crippen molar-refractivity contribution in [2.24, 2.45) is 5.41 Å². The Morgan fingerprint density at radius 2 is 1.64 bits per heavy atom. The lowest BCUT2D eigenvalue weighted by Gasteiger charge is -2.31. The van der Waals surface area contributed by atoms with Crippen molar-refractivity contribution in [3.05, 3.63) is 88.5 Å². The van der Waals surface area contributed by atoms with Crippen LogP contribution >= 0.6 is 0 Å². The van der Waals surface area contributed by atoms with Gasteiger partial charge in [-0.25, -0.2) is 14.4 Å². The Kier molecular flexibility index (Phi) is 18.3. The number of rotatable bonds is 22. The smallest absolute Gasteiger partial charge is 0.348 e. The molecule has 360 valence electrons. The number of hydrogen-bond acceptors (Lipinski definition) is 13. The predicted octanol–water partition coefficient (Wildman–Crippen LogP) is 7.22. The number of esters is 4. The van der Waals surface area contributed by atoms with Crippen molar-refractivity contribution in [1.82, 2.24) is 10.6 Å². The molecule has 2 heterocycles. The maximum atomic E-state index is 14.1. The lowest BCUT2D eigenvalue weighted by Crippen LogP contribution is -2.43. The van der Waals surface area contributed by atoms with Gasteiger partial charge in [0.1, 0.15) is 30.5 Å². The molecule has 3 aliphatic rings. The molecule has 2 aromatic carbocycles. The summed E-state index contributed by atoms with van der Waals surface area (Å²) in [5, 5.41) is 15.6. The number of benzene rings is 2. The second-order valence-corrected chi connectivity index (χ2v) is 19.0. The van der Waals surface area contributed by atoms with Gasteiger partial charge < -0.3 is 44.2 Å². The molecule has 0 saturated carbocycles. The van der Waals surface area contributed by atoms with Gasteiger partial charge in [0.05, 0.1) is 18.2 Å². The van der Waals surface area contributed by atoms with Crippen molar-refractivity contribution < 1.29 is 62.3 Å². The second kappa shape index (κ2) is 23.4. The molecule has 0 spiro atoms. The molecule has 15 heteroatoms. The number of cyclic esters (lactones) is 1. The van der Waals surface area contributed by atoms with Crippen LogP contribution in [0.25, 0.3) is 6.08 Å². The van der Waals surface area contributed by atoms with Crippen molar-refractivity contribution in [3.63, 3.8) is 0 Å². The van der Waals surface area contributed by atoms with Crippen molar-refractivity contribution in [2.75, 3.05) is 13.2 Å². The first-order valence-corrected chi connectivity index (χ1v) is 23.3. The molecule has 5 atom stereocenters. The van der Waals surface area contributed by atoms with E-state index >= 15 is 0 Å². The molecule has 2 amide bonds. The van der Waals surface area contributed by atoms with E-state index < -0.39 is 83.0 Å². The molecule has 5 unspecified atom stereocenters. The molecular weight excluding hydrogens is 849 g/mol. The van der Waals surface area contributed by atoms with Crippen LogP contribution in [0.4, 0.5) is 0 Å². The van der Waals surface area contributed by atoms with E-state index in [1.54, 1.807) is 89.2 Å². The molecule has 15 nitrogen and oxygen atoms in total. The number of fused-ring (bicyclic) bond motifs is 1. The van der Waals surface area contributed by atoms with Gasteiger partial charge in [-0.2, -0.15) is 0 Å². The number of carbonyl (C=O) groups excluding carboxylic acids is 6. The van der Waals surface area contributed by atoms with Crippen LogP contribution in [0.5, 0.6) is 0 Å². The molecule has 0 bridgehead atoms. The standard InChI is InChI=1S/C51H68N2O13/c1-8-10-14-25-51(26-15-11-9-2)64-40-29-36(45(57)52-30-33-17-16-19-35(27-33)46(58)53-37(31-54)22-24-42(56)65-49(3,4)5)28-39(43(40)66-51)62-47(59)38-20-13-12-18-34(38)21-23-41(55)63-44-48(60)61-32-50(44,6)7/h12-13,16-21,23,27,29,37,39-40,43-44,54H,8-11,14-15,22,24-26,28,30-32H2,1-7H3,(H,52,57)(H,53,58). The van der Waals surface area contributed by atoms with E-state index in [2.05, 4.69) is 24.5 Å². The molecule has 5 rings (SSSR count). The molecule has 1 aliphatic carbocycles. The van der Waals surface area contributed by atoms with Crippen LogP contribution < -0.4 is 10.6 Å². The first-order valence-electron chi connectivity index (χ1n) is 23.3. The molecule has 2 saturated heterocycles. The summed E-state index contributed by atoms with van der Waals surface area (Å²) in [5.74, 6) is -4.32. The van der Waals surface area contributed by atoms with Gasteiger partial charge in [-0.3, -0.25) is 14.4 Å². The quantitative estimate of drug-likeness (QED) is 0.0463. The Morgan fingerprint density at radius 3 is 2.29 bits per heavy atom. The minimum Gasteiger partial charge on any atom is -0.462 e. The molecular formula is C51H68N2O13. The Labute approximate surface area is 388 Å². The molecule has 66 heavy (non-hydrogen) atoms. The zero-order valence-corrected chi connectivity index (χ0v) is 39.5. The third-order valence-electron chi connectivity index (χ3n) is 11.7. The van der Waals surface area contributed by atoms with E-state index in [1.165, 1.54) is 6.08 Å². The van der Waals surface area contributed by atoms with Gasteiger partial charge in [-0.1, -0.05) is 83.7 Å². The second-order valence-electron chi connectivity index (χ2n) is 19.0. The summed E-state index contributed by atoms with van der Waals surface area (Å²) in [7, 11) is 0. The summed E-state index contributed by atoms with van der Waals surface area (Å²) in [5.41, 5.74) is 0.462. The first-order chi connectivity index (χ1) is 31.4. The zero-order chi connectivity index (χ0) is 48.1. The predicted molar refractivity (Wildman–Crippen MR) is 244 cm³/mol. The van der Waals surface area contributed by atoms with Crippen LogP contribution in [-0.2, 0) is 54.1 Å². The summed E-state index contributed by atoms with van der Waals surface area (Å²) in [6.45, 7) is 12.9. The summed E-state index contributed by atoms with van der Waals surface area (Å²) in [6.07, 6.45) is 8.16. The molecule has 3 N–H and O–H groups in total. The fraction of sp³-hybridized carbons (Fsp3) is 0.569. The Bertz CT molecular complexity index is 2090. The Morgan fingerprint density at radius 1 is 0.924 bits per heavy atom. The van der Waals surface area contributed by atoms with E-state index in [0.717, 1.165) is 44.6 Å². The van der Waals surface area contributed by atoms with E-state index in [9.17, 15) is 33.9 Å². The van der Waals surface area contributed by atoms with Crippen LogP contribution in [-0.4, -0.2) is 95.9 Å². The lowest BCUT2D eigenvalue weighted by molar-refractivity contribution is -0.190. The van der Waals surface area contributed by atoms with Crippen LogP contribution in [0.1, 0.15) is 151 Å². The van der Waals surface area contributed by atoms with E-state index in [4.69, 9.17) is 28.4 Å². The average Bonchev–Trinajstić information content (AvgIpc) is 3.77. The van der Waals surface area contributed by atoms with Gasteiger partial charge >= 0.3 is 23.9 Å². The first kappa shape index (κ1) is 51.6. The highest BCUT2D eigenvalue weighted by molar-refractivity contribution is 5.97. The topological polar surface area (TPSA) is 202 Å². The van der Waals surface area contributed by atoms with Gasteiger partial charge in [0.25, 0.3) is 5.91 Å². The summed E-state index contributed by atoms with van der Waals surface area (Å²) >= 11 is 0. The Hall–Kier alpha value is -5.38. The van der Waals surface area contributed by atoms with Gasteiger partial charge in [-0.05, 0) is 81.5 Å². The molecule has 0 radical (unpaired) electrons. The lowest BCUT2D eigenvalue weighted by atomic mass is 9.90. The highest BCUT2D eigenvalue weighted by atomic mass is 16.8. The van der Waals surface area contributed by atoms with E-state index in [0.29, 0.717) is 35.1 Å². The summed E-state index contributed by atoms with van der Waals surface area (Å²) < 4.78 is 35.7. The fourth-order valence-electron chi connectivity index (χ4n) is 8.16. The zero-order valence-electron chi connectivity index (χ0n) is 39.5. The van der Waals surface area contributed by atoms with Crippen LogP contribution in [0.2, 0.25) is 0 Å². The van der Waals surface area contributed by atoms with Crippen molar-refractivity contribution in [1.29, 1.82) is 0 Å². The van der Waals surface area contributed by atoms with Gasteiger partial charge in [0, 0.05) is 54.9 Å². The monoisotopic (exact) mass is 916 g/mol. The third kappa shape index (κ3) is 14.6. The number of unbranched alkanes of at least 4 members (excludes halogenated alkanes) is 4. The largest absolute Gasteiger partial charge is 0.462 e. The minimum atomic E-state index is -1.06.